The first-order valence-electron chi connectivity index (χ1n) is 7.54. The highest BCUT2D eigenvalue weighted by atomic mass is 16.3. The Hall–Kier alpha value is -3.28. The van der Waals surface area contributed by atoms with E-state index in [0.717, 1.165) is 10.8 Å². The minimum Gasteiger partial charge on any atom is -0.467 e. The van der Waals surface area contributed by atoms with Crippen molar-refractivity contribution in [2.24, 2.45) is 0 Å². The summed E-state index contributed by atoms with van der Waals surface area (Å²) in [5.74, 6) is 0.364. The Kier molecular flexibility index (Phi) is 4.76. The fourth-order valence-electron chi connectivity index (χ4n) is 2.32. The van der Waals surface area contributed by atoms with Crippen molar-refractivity contribution in [2.45, 2.75) is 6.54 Å². The van der Waals surface area contributed by atoms with E-state index in [-0.39, 0.29) is 12.5 Å². The molecule has 0 unspecified atom stereocenters. The zero-order valence-electron chi connectivity index (χ0n) is 12.9. The van der Waals surface area contributed by atoms with E-state index in [9.17, 15) is 9.59 Å². The number of benzene rings is 2. The van der Waals surface area contributed by atoms with Gasteiger partial charge in [-0.15, -0.1) is 0 Å². The van der Waals surface area contributed by atoms with Gasteiger partial charge in [0, 0.05) is 5.39 Å². The van der Waals surface area contributed by atoms with E-state index < -0.39 is 6.03 Å². The lowest BCUT2D eigenvalue weighted by Crippen LogP contribution is -2.38. The first-order valence-corrected chi connectivity index (χ1v) is 7.54. The molecule has 0 bridgehead atoms. The van der Waals surface area contributed by atoms with Crippen LogP contribution in [-0.2, 0) is 11.3 Å². The van der Waals surface area contributed by atoms with Crippen LogP contribution in [0.3, 0.4) is 0 Å². The number of hydrogen-bond acceptors (Lipinski definition) is 3. The third-order valence-corrected chi connectivity index (χ3v) is 3.49. The molecule has 6 heteroatoms. The molecule has 24 heavy (non-hydrogen) atoms. The number of amides is 3. The summed E-state index contributed by atoms with van der Waals surface area (Å²) in [7, 11) is 0. The van der Waals surface area contributed by atoms with Gasteiger partial charge in [-0.2, -0.15) is 0 Å². The smallest absolute Gasteiger partial charge is 0.319 e. The molecule has 0 aliphatic rings. The number of carbonyl (C=O) groups excluding carboxylic acids is 2. The number of carbonyl (C=O) groups is 2. The van der Waals surface area contributed by atoms with E-state index in [2.05, 4.69) is 16.0 Å². The molecule has 0 saturated carbocycles. The van der Waals surface area contributed by atoms with Gasteiger partial charge in [0.2, 0.25) is 5.91 Å². The van der Waals surface area contributed by atoms with Crippen molar-refractivity contribution in [1.82, 2.24) is 10.6 Å². The van der Waals surface area contributed by atoms with Gasteiger partial charge in [0.05, 0.1) is 25.0 Å². The first-order chi connectivity index (χ1) is 11.7. The SMILES string of the molecule is O=C(CNC(=O)Nc1cccc2ccccc12)NCc1ccco1. The van der Waals surface area contributed by atoms with E-state index in [1.165, 1.54) is 6.26 Å². The van der Waals surface area contributed by atoms with Gasteiger partial charge < -0.3 is 20.4 Å². The molecule has 3 amide bonds. The fraction of sp³-hybridized carbons (Fsp3) is 0.111. The average molecular weight is 323 g/mol. The van der Waals surface area contributed by atoms with E-state index in [1.54, 1.807) is 12.1 Å². The monoisotopic (exact) mass is 323 g/mol. The fourth-order valence-corrected chi connectivity index (χ4v) is 2.32. The molecule has 1 aromatic heterocycles. The zero-order chi connectivity index (χ0) is 16.8. The van der Waals surface area contributed by atoms with Crippen LogP contribution in [-0.4, -0.2) is 18.5 Å². The Labute approximate surface area is 138 Å². The lowest BCUT2D eigenvalue weighted by molar-refractivity contribution is -0.120. The van der Waals surface area contributed by atoms with Crippen LogP contribution >= 0.6 is 0 Å². The van der Waals surface area contributed by atoms with Crippen molar-refractivity contribution >= 4 is 28.4 Å². The van der Waals surface area contributed by atoms with Crippen LogP contribution in [0.25, 0.3) is 10.8 Å². The Balaban J connectivity index is 1.51. The molecule has 3 aromatic rings. The van der Waals surface area contributed by atoms with E-state index in [0.29, 0.717) is 18.0 Å². The molecule has 0 saturated heterocycles. The molecule has 0 radical (unpaired) electrons. The zero-order valence-corrected chi connectivity index (χ0v) is 12.9. The van der Waals surface area contributed by atoms with Crippen LogP contribution in [0.5, 0.6) is 0 Å². The summed E-state index contributed by atoms with van der Waals surface area (Å²) in [6.07, 6.45) is 1.54. The lowest BCUT2D eigenvalue weighted by atomic mass is 10.1. The second-order valence-electron chi connectivity index (χ2n) is 5.19. The maximum atomic E-state index is 12.0. The molecular formula is C18H17N3O3. The van der Waals surface area contributed by atoms with Gasteiger partial charge in [-0.05, 0) is 23.6 Å². The van der Waals surface area contributed by atoms with Crippen molar-refractivity contribution in [3.63, 3.8) is 0 Å². The highest BCUT2D eigenvalue weighted by Gasteiger charge is 2.08. The van der Waals surface area contributed by atoms with Gasteiger partial charge in [-0.1, -0.05) is 36.4 Å². The van der Waals surface area contributed by atoms with Crippen molar-refractivity contribution in [3.05, 3.63) is 66.6 Å². The Morgan fingerprint density at radius 3 is 2.58 bits per heavy atom. The third kappa shape index (κ3) is 3.92. The number of hydrogen-bond donors (Lipinski definition) is 3. The van der Waals surface area contributed by atoms with Crippen molar-refractivity contribution in [3.8, 4) is 0 Å². The van der Waals surface area contributed by atoms with Crippen molar-refractivity contribution in [1.29, 1.82) is 0 Å². The van der Waals surface area contributed by atoms with Crippen LogP contribution in [0.2, 0.25) is 0 Å². The summed E-state index contributed by atoms with van der Waals surface area (Å²) in [5, 5.41) is 9.93. The maximum Gasteiger partial charge on any atom is 0.319 e. The maximum absolute atomic E-state index is 12.0. The third-order valence-electron chi connectivity index (χ3n) is 3.49. The van der Waals surface area contributed by atoms with Crippen LogP contribution in [0, 0.1) is 0 Å². The second kappa shape index (κ2) is 7.32. The molecule has 0 aliphatic heterocycles. The van der Waals surface area contributed by atoms with Crippen LogP contribution in [0.15, 0.2) is 65.3 Å². The Bertz CT molecular complexity index is 838. The van der Waals surface area contributed by atoms with Crippen molar-refractivity contribution in [2.75, 3.05) is 11.9 Å². The lowest BCUT2D eigenvalue weighted by Gasteiger charge is -2.10. The number of anilines is 1. The first kappa shape index (κ1) is 15.6. The molecule has 0 fully saturated rings. The second-order valence-corrected chi connectivity index (χ2v) is 5.19. The predicted molar refractivity (Wildman–Crippen MR) is 91.5 cm³/mol. The normalized spacial score (nSPS) is 10.3. The molecule has 6 nitrogen and oxygen atoms in total. The van der Waals surface area contributed by atoms with Crippen molar-refractivity contribution < 1.29 is 14.0 Å². The molecule has 0 spiro atoms. The van der Waals surface area contributed by atoms with Gasteiger partial charge in [0.25, 0.3) is 0 Å². The molecule has 122 valence electrons. The molecule has 3 rings (SSSR count). The predicted octanol–water partition coefficient (Wildman–Crippen LogP) is 2.87. The van der Waals surface area contributed by atoms with Gasteiger partial charge in [0.1, 0.15) is 5.76 Å². The van der Waals surface area contributed by atoms with Crippen LogP contribution < -0.4 is 16.0 Å². The van der Waals surface area contributed by atoms with E-state index in [1.807, 2.05) is 42.5 Å². The van der Waals surface area contributed by atoms with Gasteiger partial charge >= 0.3 is 6.03 Å². The largest absolute Gasteiger partial charge is 0.467 e. The minimum atomic E-state index is -0.431. The highest BCUT2D eigenvalue weighted by Crippen LogP contribution is 2.22. The molecule has 0 atom stereocenters. The molecular weight excluding hydrogens is 306 g/mol. The average Bonchev–Trinajstić information content (AvgIpc) is 3.12. The standard InChI is InChI=1S/C18H17N3O3/c22-17(19-11-14-7-4-10-24-14)12-20-18(23)21-16-9-3-6-13-5-1-2-8-15(13)16/h1-10H,11-12H2,(H,19,22)(H2,20,21,23). The molecule has 1 heterocycles. The molecule has 0 aliphatic carbocycles. The number of nitrogens with one attached hydrogen (secondary N) is 3. The molecule has 2 aromatic carbocycles. The quantitative estimate of drug-likeness (QED) is 0.675. The van der Waals surface area contributed by atoms with Gasteiger partial charge in [-0.25, -0.2) is 4.79 Å². The topological polar surface area (TPSA) is 83.4 Å². The Morgan fingerprint density at radius 1 is 0.917 bits per heavy atom. The number of urea groups is 1. The minimum absolute atomic E-state index is 0.114. The summed E-state index contributed by atoms with van der Waals surface area (Å²) in [6.45, 7) is 0.176. The summed E-state index contributed by atoms with van der Waals surface area (Å²) in [5.41, 5.74) is 0.696. The van der Waals surface area contributed by atoms with Gasteiger partial charge in [-0.3, -0.25) is 4.79 Å². The van der Waals surface area contributed by atoms with Crippen LogP contribution in [0.1, 0.15) is 5.76 Å². The number of fused-ring (bicyclic) bond motifs is 1. The Morgan fingerprint density at radius 2 is 1.75 bits per heavy atom. The summed E-state index contributed by atoms with van der Waals surface area (Å²) >= 11 is 0. The summed E-state index contributed by atoms with van der Waals surface area (Å²) < 4.78 is 5.11. The number of furan rings is 1. The molecule has 3 N–H and O–H groups in total. The van der Waals surface area contributed by atoms with Crippen LogP contribution in [0.4, 0.5) is 10.5 Å². The summed E-state index contributed by atoms with van der Waals surface area (Å²) in [4.78, 5) is 23.7. The summed E-state index contributed by atoms with van der Waals surface area (Å²) in [6, 6.07) is 16.5. The van der Waals surface area contributed by atoms with E-state index in [4.69, 9.17) is 4.42 Å². The van der Waals surface area contributed by atoms with Gasteiger partial charge in [0.15, 0.2) is 0 Å². The highest BCUT2D eigenvalue weighted by molar-refractivity contribution is 6.02. The number of rotatable bonds is 5. The van der Waals surface area contributed by atoms with E-state index >= 15 is 0 Å².